The third-order valence-corrected chi connectivity index (χ3v) is 7.01. The highest BCUT2D eigenvalue weighted by atomic mass is 16.5. The average molecular weight is 459 g/mol. The minimum Gasteiger partial charge on any atom is -0.492 e. The number of fused-ring (bicyclic) bond motifs is 2. The molecule has 34 heavy (non-hydrogen) atoms. The third kappa shape index (κ3) is 4.47. The number of carbonyl (C=O) groups excluding carboxylic acids is 1. The maximum Gasteiger partial charge on any atom is 0.166 e. The quantitative estimate of drug-likeness (QED) is 0.566. The molecule has 2 aromatic heterocycles. The van der Waals surface area contributed by atoms with E-state index in [1.807, 2.05) is 32.3 Å². The maximum atomic E-state index is 13.1. The largest absolute Gasteiger partial charge is 0.492 e. The SMILES string of the molecule is Cc1cn2cc(/C3=C/c4ccc(N5CCCN(C(C)C)CC5)cc4OCCC3=O)cc2c(C)n1. The van der Waals surface area contributed by atoms with Gasteiger partial charge in [-0.3, -0.25) is 14.7 Å². The first-order valence-electron chi connectivity index (χ1n) is 12.4. The number of hydrogen-bond donors (Lipinski definition) is 0. The van der Waals surface area contributed by atoms with Crippen LogP contribution in [0.5, 0.6) is 5.75 Å². The Hall–Kier alpha value is -3.12. The number of rotatable bonds is 3. The van der Waals surface area contributed by atoms with Gasteiger partial charge in [0.1, 0.15) is 5.75 Å². The predicted octanol–water partition coefficient (Wildman–Crippen LogP) is 4.76. The fraction of sp³-hybridized carbons (Fsp3) is 0.429. The number of allylic oxidation sites excluding steroid dienone is 1. The van der Waals surface area contributed by atoms with E-state index in [2.05, 4.69) is 57.3 Å². The van der Waals surface area contributed by atoms with Crippen LogP contribution >= 0.6 is 0 Å². The Morgan fingerprint density at radius 2 is 1.88 bits per heavy atom. The number of benzene rings is 1. The second kappa shape index (κ2) is 9.26. The fourth-order valence-electron chi connectivity index (χ4n) is 5.12. The Balaban J connectivity index is 1.48. The maximum absolute atomic E-state index is 13.1. The Bertz CT molecular complexity index is 1260. The number of hydrogen-bond acceptors (Lipinski definition) is 5. The van der Waals surface area contributed by atoms with Crippen LogP contribution < -0.4 is 9.64 Å². The molecule has 0 saturated carbocycles. The summed E-state index contributed by atoms with van der Waals surface area (Å²) in [6.45, 7) is 13.2. The monoisotopic (exact) mass is 458 g/mol. The lowest BCUT2D eigenvalue weighted by Gasteiger charge is -2.26. The number of ether oxygens (including phenoxy) is 1. The van der Waals surface area contributed by atoms with E-state index in [1.54, 1.807) is 0 Å². The van der Waals surface area contributed by atoms with Gasteiger partial charge in [-0.2, -0.15) is 0 Å². The van der Waals surface area contributed by atoms with Crippen molar-refractivity contribution < 1.29 is 9.53 Å². The van der Waals surface area contributed by atoms with Gasteiger partial charge in [-0.15, -0.1) is 0 Å². The van der Waals surface area contributed by atoms with E-state index in [0.29, 0.717) is 19.1 Å². The van der Waals surface area contributed by atoms with Gasteiger partial charge >= 0.3 is 0 Å². The number of nitrogens with zero attached hydrogens (tertiary/aromatic N) is 4. The van der Waals surface area contributed by atoms with Gasteiger partial charge in [0.15, 0.2) is 5.78 Å². The lowest BCUT2D eigenvalue weighted by Crippen LogP contribution is -2.35. The van der Waals surface area contributed by atoms with Crippen molar-refractivity contribution in [2.24, 2.45) is 0 Å². The second-order valence-corrected chi connectivity index (χ2v) is 9.76. The second-order valence-electron chi connectivity index (χ2n) is 9.76. The normalized spacial score (nSPS) is 19.3. The highest BCUT2D eigenvalue weighted by Crippen LogP contribution is 2.33. The van der Waals surface area contributed by atoms with Gasteiger partial charge in [-0.25, -0.2) is 0 Å². The van der Waals surface area contributed by atoms with Crippen molar-refractivity contribution >= 4 is 28.6 Å². The van der Waals surface area contributed by atoms with E-state index in [1.165, 1.54) is 5.69 Å². The van der Waals surface area contributed by atoms with Crippen molar-refractivity contribution in [1.29, 1.82) is 0 Å². The molecule has 0 aliphatic carbocycles. The lowest BCUT2D eigenvalue weighted by atomic mass is 9.98. The van der Waals surface area contributed by atoms with Gasteiger partial charge in [0.05, 0.1) is 23.5 Å². The minimum atomic E-state index is 0.106. The van der Waals surface area contributed by atoms with Crippen LogP contribution in [0, 0.1) is 13.8 Å². The zero-order chi connectivity index (χ0) is 23.8. The number of Topliss-reactive ketones (excluding diaryl/α,β-unsaturated/α-hetero) is 1. The van der Waals surface area contributed by atoms with Gasteiger partial charge in [-0.05, 0) is 58.4 Å². The summed E-state index contributed by atoms with van der Waals surface area (Å²) in [5, 5.41) is 0. The van der Waals surface area contributed by atoms with Gasteiger partial charge < -0.3 is 14.0 Å². The van der Waals surface area contributed by atoms with E-state index in [-0.39, 0.29) is 5.78 Å². The van der Waals surface area contributed by atoms with Crippen molar-refractivity contribution in [3.05, 3.63) is 59.2 Å². The van der Waals surface area contributed by atoms with Crippen LogP contribution in [0.15, 0.2) is 36.7 Å². The van der Waals surface area contributed by atoms with Crippen LogP contribution in [-0.2, 0) is 4.79 Å². The van der Waals surface area contributed by atoms with Crippen molar-refractivity contribution in [2.75, 3.05) is 37.7 Å². The Labute approximate surface area is 201 Å². The fourth-order valence-corrected chi connectivity index (χ4v) is 5.12. The number of carbonyl (C=O) groups is 1. The zero-order valence-electron chi connectivity index (χ0n) is 20.7. The van der Waals surface area contributed by atoms with E-state index in [4.69, 9.17) is 4.74 Å². The number of aryl methyl sites for hydroxylation is 2. The van der Waals surface area contributed by atoms with Crippen LogP contribution in [0.1, 0.15) is 49.2 Å². The average Bonchev–Trinajstić information content (AvgIpc) is 3.05. The summed E-state index contributed by atoms with van der Waals surface area (Å²) in [6.07, 6.45) is 7.56. The van der Waals surface area contributed by atoms with E-state index >= 15 is 0 Å². The van der Waals surface area contributed by atoms with Crippen LogP contribution in [-0.4, -0.2) is 58.9 Å². The third-order valence-electron chi connectivity index (χ3n) is 7.01. The summed E-state index contributed by atoms with van der Waals surface area (Å²) < 4.78 is 8.15. The van der Waals surface area contributed by atoms with Gasteiger partial charge in [-0.1, -0.05) is 0 Å². The Morgan fingerprint density at radius 1 is 1.03 bits per heavy atom. The Kier molecular flexibility index (Phi) is 6.17. The molecule has 4 heterocycles. The molecule has 0 amide bonds. The first kappa shape index (κ1) is 22.7. The van der Waals surface area contributed by atoms with E-state index < -0.39 is 0 Å². The molecular formula is C28H34N4O2. The van der Waals surface area contributed by atoms with E-state index in [0.717, 1.165) is 72.0 Å². The topological polar surface area (TPSA) is 50.1 Å². The van der Waals surface area contributed by atoms with Crippen molar-refractivity contribution in [3.8, 4) is 5.75 Å². The number of aromatic nitrogens is 2. The van der Waals surface area contributed by atoms with Crippen molar-refractivity contribution in [3.63, 3.8) is 0 Å². The number of anilines is 1. The van der Waals surface area contributed by atoms with Crippen LogP contribution in [0.2, 0.25) is 0 Å². The van der Waals surface area contributed by atoms with Gasteiger partial charge in [0.25, 0.3) is 0 Å². The minimum absolute atomic E-state index is 0.106. The molecule has 2 aliphatic rings. The molecule has 0 atom stereocenters. The zero-order valence-corrected chi connectivity index (χ0v) is 20.7. The first-order valence-corrected chi connectivity index (χ1v) is 12.4. The van der Waals surface area contributed by atoms with Crippen LogP contribution in [0.25, 0.3) is 17.2 Å². The van der Waals surface area contributed by atoms with Gasteiger partial charge in [0, 0.05) is 79.5 Å². The number of ketones is 1. The van der Waals surface area contributed by atoms with Crippen molar-refractivity contribution in [1.82, 2.24) is 14.3 Å². The highest BCUT2D eigenvalue weighted by molar-refractivity contribution is 6.25. The summed E-state index contributed by atoms with van der Waals surface area (Å²) in [6, 6.07) is 9.06. The molecular weight excluding hydrogens is 424 g/mol. The standard InChI is InChI=1S/C28H34N4O2/c1-19(2)30-9-5-10-31(12-11-30)24-7-6-22-14-25(27(33)8-13-34-28(22)16-24)23-15-26-21(4)29-20(3)17-32(26)18-23/h6-7,14-19H,5,8-13H2,1-4H3/b25-14-. The summed E-state index contributed by atoms with van der Waals surface area (Å²) >= 11 is 0. The summed E-state index contributed by atoms with van der Waals surface area (Å²) in [5.41, 5.74) is 6.76. The molecule has 0 N–H and O–H groups in total. The molecule has 6 heteroatoms. The molecule has 6 nitrogen and oxygen atoms in total. The molecule has 1 aromatic carbocycles. The first-order chi connectivity index (χ1) is 16.4. The molecule has 5 rings (SSSR count). The molecule has 1 saturated heterocycles. The molecule has 0 unspecified atom stereocenters. The summed E-state index contributed by atoms with van der Waals surface area (Å²) in [4.78, 5) is 22.6. The molecule has 1 fully saturated rings. The predicted molar refractivity (Wildman–Crippen MR) is 138 cm³/mol. The Morgan fingerprint density at radius 3 is 2.71 bits per heavy atom. The van der Waals surface area contributed by atoms with Gasteiger partial charge in [0.2, 0.25) is 0 Å². The molecule has 0 bridgehead atoms. The molecule has 2 aliphatic heterocycles. The van der Waals surface area contributed by atoms with Crippen molar-refractivity contribution in [2.45, 2.75) is 46.6 Å². The lowest BCUT2D eigenvalue weighted by molar-refractivity contribution is -0.114. The molecule has 178 valence electrons. The highest BCUT2D eigenvalue weighted by Gasteiger charge is 2.21. The molecule has 3 aromatic rings. The summed E-state index contributed by atoms with van der Waals surface area (Å²) in [7, 11) is 0. The molecule has 0 radical (unpaired) electrons. The van der Waals surface area contributed by atoms with E-state index in [9.17, 15) is 4.79 Å². The smallest absolute Gasteiger partial charge is 0.166 e. The molecule has 0 spiro atoms. The van der Waals surface area contributed by atoms with Crippen LogP contribution in [0.4, 0.5) is 5.69 Å². The summed E-state index contributed by atoms with van der Waals surface area (Å²) in [5.74, 6) is 0.958. The van der Waals surface area contributed by atoms with Crippen LogP contribution in [0.3, 0.4) is 0 Å².